The summed E-state index contributed by atoms with van der Waals surface area (Å²) in [5.41, 5.74) is 1.90. The summed E-state index contributed by atoms with van der Waals surface area (Å²) in [6.45, 7) is 0.609. The highest BCUT2D eigenvalue weighted by Gasteiger charge is 2.45. The van der Waals surface area contributed by atoms with Crippen LogP contribution in [0.5, 0.6) is 0 Å². The molecule has 1 saturated heterocycles. The lowest BCUT2D eigenvalue weighted by molar-refractivity contribution is 0.0516. The van der Waals surface area contributed by atoms with E-state index in [-0.39, 0.29) is 35.9 Å². The van der Waals surface area contributed by atoms with Crippen LogP contribution in [0.25, 0.3) is 11.0 Å². The summed E-state index contributed by atoms with van der Waals surface area (Å²) in [5.74, 6) is 1.03. The number of aromatic nitrogens is 4. The summed E-state index contributed by atoms with van der Waals surface area (Å²) in [4.78, 5) is 42.9. The molecule has 6 rings (SSSR count). The Hall–Kier alpha value is -3.53. The van der Waals surface area contributed by atoms with Crippen LogP contribution in [0, 0.1) is 5.92 Å². The van der Waals surface area contributed by atoms with E-state index in [4.69, 9.17) is 4.98 Å². The third-order valence-electron chi connectivity index (χ3n) is 7.91. The monoisotopic (exact) mass is 489 g/mol. The molecule has 3 aliphatic rings. The average molecular weight is 490 g/mol. The lowest BCUT2D eigenvalue weighted by atomic mass is 10.1. The molecule has 2 bridgehead atoms. The Morgan fingerprint density at radius 2 is 1.89 bits per heavy atom. The normalized spacial score (nSPS) is 23.5. The van der Waals surface area contributed by atoms with E-state index in [1.165, 1.54) is 0 Å². The Labute approximate surface area is 209 Å². The van der Waals surface area contributed by atoms with Gasteiger partial charge in [0.2, 0.25) is 5.95 Å². The van der Waals surface area contributed by atoms with Gasteiger partial charge in [-0.25, -0.2) is 9.97 Å². The molecule has 0 radical (unpaired) electrons. The number of aliphatic hydroxyl groups excluding tert-OH is 1. The number of nitrogens with zero attached hydrogens (tertiary/aromatic N) is 6. The predicted molar refractivity (Wildman–Crippen MR) is 134 cm³/mol. The molecule has 2 amide bonds. The molecule has 3 aromatic heterocycles. The molecule has 1 aliphatic heterocycles. The number of likely N-dealkylation sites (tertiary alicyclic amines) is 1. The molecule has 10 heteroatoms. The highest BCUT2D eigenvalue weighted by Crippen LogP contribution is 2.38. The van der Waals surface area contributed by atoms with E-state index in [2.05, 4.69) is 19.9 Å². The van der Waals surface area contributed by atoms with E-state index in [0.717, 1.165) is 43.1 Å². The largest absolute Gasteiger partial charge is 0.393 e. The fraction of sp³-hybridized carbons (Fsp3) is 0.500. The summed E-state index contributed by atoms with van der Waals surface area (Å²) in [6.07, 6.45) is 8.90. The van der Waals surface area contributed by atoms with Crippen molar-refractivity contribution in [1.82, 2.24) is 29.3 Å². The number of nitrogens with one attached hydrogen (secondary N) is 1. The van der Waals surface area contributed by atoms with Gasteiger partial charge in [0, 0.05) is 56.4 Å². The Bertz CT molecular complexity index is 1310. The average Bonchev–Trinajstić information content (AvgIpc) is 3.66. The van der Waals surface area contributed by atoms with Crippen LogP contribution in [0.4, 0.5) is 11.8 Å². The quantitative estimate of drug-likeness (QED) is 0.566. The van der Waals surface area contributed by atoms with Crippen molar-refractivity contribution in [2.45, 2.75) is 56.7 Å². The van der Waals surface area contributed by atoms with Crippen LogP contribution < -0.4 is 5.32 Å². The van der Waals surface area contributed by atoms with E-state index >= 15 is 0 Å². The summed E-state index contributed by atoms with van der Waals surface area (Å²) < 4.78 is 2.08. The molecule has 2 saturated carbocycles. The van der Waals surface area contributed by atoms with Gasteiger partial charge in [0.25, 0.3) is 11.8 Å². The number of rotatable bonds is 5. The third kappa shape index (κ3) is 3.89. The molecule has 36 heavy (non-hydrogen) atoms. The van der Waals surface area contributed by atoms with Gasteiger partial charge in [-0.1, -0.05) is 12.8 Å². The summed E-state index contributed by atoms with van der Waals surface area (Å²) in [5, 5.41) is 13.9. The first-order chi connectivity index (χ1) is 17.4. The smallest absolute Gasteiger partial charge is 0.270 e. The molecule has 0 aromatic carbocycles. The molecule has 10 nitrogen and oxygen atoms in total. The number of carbonyl (C=O) groups excluding carboxylic acids is 2. The van der Waals surface area contributed by atoms with Crippen molar-refractivity contribution in [1.29, 1.82) is 0 Å². The molecule has 3 atom stereocenters. The first-order valence-electron chi connectivity index (χ1n) is 12.7. The molecule has 3 fully saturated rings. The lowest BCUT2D eigenvalue weighted by Gasteiger charge is -2.29. The summed E-state index contributed by atoms with van der Waals surface area (Å²) in [7, 11) is 3.52. The first kappa shape index (κ1) is 22.9. The number of hydrogen-bond donors (Lipinski definition) is 2. The maximum atomic E-state index is 13.0. The maximum absolute atomic E-state index is 13.0. The number of hydrogen-bond acceptors (Lipinski definition) is 7. The van der Waals surface area contributed by atoms with Gasteiger partial charge in [-0.2, -0.15) is 4.98 Å². The molecule has 188 valence electrons. The van der Waals surface area contributed by atoms with E-state index < -0.39 is 0 Å². The molecule has 3 aromatic rings. The standard InChI is InChI=1S/C26H31N7O3/c1-31(2)25(36)20-10-16-13-28-26(30-23(16)33(20)18-5-3-4-6-18)29-22-8-7-15(12-27-22)24(35)32-14-17-9-19(32)11-21(17)34/h7-8,10,12-13,17-19,21,34H,3-6,9,11,14H2,1-2H3,(H,27,28,29,30)/t17-,19-,21+/m0/s1. The minimum atomic E-state index is -0.284. The van der Waals surface area contributed by atoms with Crippen LogP contribution >= 0.6 is 0 Å². The molecule has 2 N–H and O–H groups in total. The number of amides is 2. The topological polar surface area (TPSA) is 116 Å². The van der Waals surface area contributed by atoms with Crippen LogP contribution in [-0.4, -0.2) is 79.0 Å². The van der Waals surface area contributed by atoms with Gasteiger partial charge in [-0.05, 0) is 43.9 Å². The number of carbonyl (C=O) groups is 2. The molecular formula is C26H31N7O3. The Morgan fingerprint density at radius 3 is 2.53 bits per heavy atom. The van der Waals surface area contributed by atoms with Gasteiger partial charge in [0.1, 0.15) is 17.2 Å². The van der Waals surface area contributed by atoms with Gasteiger partial charge < -0.3 is 24.8 Å². The van der Waals surface area contributed by atoms with Crippen LogP contribution in [0.3, 0.4) is 0 Å². The van der Waals surface area contributed by atoms with Crippen LogP contribution in [-0.2, 0) is 0 Å². The Morgan fingerprint density at radius 1 is 1.08 bits per heavy atom. The van der Waals surface area contributed by atoms with Crippen molar-refractivity contribution in [3.8, 4) is 0 Å². The van der Waals surface area contributed by atoms with Crippen molar-refractivity contribution in [3.05, 3.63) is 41.9 Å². The summed E-state index contributed by atoms with van der Waals surface area (Å²) >= 11 is 0. The van der Waals surface area contributed by atoms with Crippen LogP contribution in [0.2, 0.25) is 0 Å². The fourth-order valence-corrected chi connectivity index (χ4v) is 6.04. The highest BCUT2D eigenvalue weighted by atomic mass is 16.3. The number of piperidine rings is 1. The van der Waals surface area contributed by atoms with Gasteiger partial charge in [-0.3, -0.25) is 9.59 Å². The molecule has 4 heterocycles. The fourth-order valence-electron chi connectivity index (χ4n) is 6.04. The van der Waals surface area contributed by atoms with Crippen LogP contribution in [0.15, 0.2) is 30.6 Å². The van der Waals surface area contributed by atoms with Crippen LogP contribution in [0.1, 0.15) is 65.4 Å². The zero-order valence-electron chi connectivity index (χ0n) is 20.6. The maximum Gasteiger partial charge on any atom is 0.270 e. The van der Waals surface area contributed by atoms with Crippen molar-refractivity contribution >= 4 is 34.6 Å². The minimum absolute atomic E-state index is 0.0430. The number of pyridine rings is 1. The Kier molecular flexibility index (Phi) is 5.63. The second-order valence-electron chi connectivity index (χ2n) is 10.5. The minimum Gasteiger partial charge on any atom is -0.393 e. The second kappa shape index (κ2) is 8.85. The molecule has 2 aliphatic carbocycles. The van der Waals surface area contributed by atoms with Gasteiger partial charge in [0.15, 0.2) is 0 Å². The Balaban J connectivity index is 1.24. The second-order valence-corrected chi connectivity index (χ2v) is 10.5. The number of anilines is 2. The molecular weight excluding hydrogens is 458 g/mol. The SMILES string of the molecule is CN(C)C(=O)c1cc2cnc(Nc3ccc(C(=O)N4C[C@@H]5C[C@H]4C[C@H]5O)cn3)nc2n1C1CCCC1. The predicted octanol–water partition coefficient (Wildman–Crippen LogP) is 2.98. The van der Waals surface area contributed by atoms with Gasteiger partial charge in [0.05, 0.1) is 11.7 Å². The first-order valence-corrected chi connectivity index (χ1v) is 12.7. The zero-order chi connectivity index (χ0) is 25.0. The van der Waals surface area contributed by atoms with E-state index in [1.54, 1.807) is 43.5 Å². The van der Waals surface area contributed by atoms with Crippen molar-refractivity contribution < 1.29 is 14.7 Å². The number of aliphatic hydroxyl groups is 1. The van der Waals surface area contributed by atoms with E-state index in [1.807, 2.05) is 11.0 Å². The number of fused-ring (bicyclic) bond motifs is 3. The highest BCUT2D eigenvalue weighted by molar-refractivity contribution is 5.98. The molecule has 0 spiro atoms. The van der Waals surface area contributed by atoms with E-state index in [0.29, 0.717) is 36.0 Å². The molecule has 0 unspecified atom stereocenters. The third-order valence-corrected chi connectivity index (χ3v) is 7.91. The van der Waals surface area contributed by atoms with Gasteiger partial charge in [-0.15, -0.1) is 0 Å². The van der Waals surface area contributed by atoms with Crippen molar-refractivity contribution in [3.63, 3.8) is 0 Å². The van der Waals surface area contributed by atoms with Crippen molar-refractivity contribution in [2.24, 2.45) is 5.92 Å². The summed E-state index contributed by atoms with van der Waals surface area (Å²) in [6, 6.07) is 5.75. The lowest BCUT2D eigenvalue weighted by Crippen LogP contribution is -2.41. The zero-order valence-corrected chi connectivity index (χ0v) is 20.6. The van der Waals surface area contributed by atoms with E-state index in [9.17, 15) is 14.7 Å². The van der Waals surface area contributed by atoms with Gasteiger partial charge >= 0.3 is 0 Å². The van der Waals surface area contributed by atoms with Crippen molar-refractivity contribution in [2.75, 3.05) is 26.0 Å².